The van der Waals surface area contributed by atoms with Gasteiger partial charge in [0.15, 0.2) is 12.1 Å². The summed E-state index contributed by atoms with van der Waals surface area (Å²) in [7, 11) is 0. The average Bonchev–Trinajstić information content (AvgIpc) is 2.70. The van der Waals surface area contributed by atoms with Crippen molar-refractivity contribution in [2.75, 3.05) is 6.61 Å². The maximum atomic E-state index is 12.2. The second kappa shape index (κ2) is 4.58. The van der Waals surface area contributed by atoms with Crippen molar-refractivity contribution in [2.24, 2.45) is 0 Å². The zero-order valence-electron chi connectivity index (χ0n) is 10.2. The molecule has 6 nitrogen and oxygen atoms in total. The van der Waals surface area contributed by atoms with E-state index in [4.69, 9.17) is 19.3 Å². The smallest absolute Gasteiger partial charge is 0.394 e. The maximum Gasteiger partial charge on any atom is 0.471 e. The molecule has 0 bridgehead atoms. The number of hydrogen-bond donors (Lipinski definition) is 2. The van der Waals surface area contributed by atoms with Crippen molar-refractivity contribution in [1.29, 1.82) is 0 Å². The van der Waals surface area contributed by atoms with Gasteiger partial charge >= 0.3 is 12.1 Å². The molecule has 1 amide bonds. The van der Waals surface area contributed by atoms with Crippen LogP contribution < -0.4 is 5.32 Å². The van der Waals surface area contributed by atoms with E-state index in [1.165, 1.54) is 0 Å². The Kier molecular flexibility index (Phi) is 3.50. The van der Waals surface area contributed by atoms with Crippen LogP contribution in [0.25, 0.3) is 0 Å². The molecule has 0 unspecified atom stereocenters. The van der Waals surface area contributed by atoms with Gasteiger partial charge in [-0.15, -0.1) is 0 Å². The van der Waals surface area contributed by atoms with Gasteiger partial charge in [-0.1, -0.05) is 0 Å². The first-order valence-electron chi connectivity index (χ1n) is 5.64. The van der Waals surface area contributed by atoms with Crippen LogP contribution in [0.5, 0.6) is 0 Å². The zero-order valence-corrected chi connectivity index (χ0v) is 10.2. The molecule has 0 aromatic carbocycles. The number of amides is 1. The molecule has 2 aliphatic rings. The Morgan fingerprint density at radius 3 is 2.53 bits per heavy atom. The highest BCUT2D eigenvalue weighted by atomic mass is 19.4. The maximum absolute atomic E-state index is 12.2. The summed E-state index contributed by atoms with van der Waals surface area (Å²) in [6, 6.07) is -1.12. The highest BCUT2D eigenvalue weighted by Crippen LogP contribution is 2.37. The van der Waals surface area contributed by atoms with Gasteiger partial charge < -0.3 is 24.6 Å². The van der Waals surface area contributed by atoms with E-state index in [0.29, 0.717) is 0 Å². The van der Waals surface area contributed by atoms with Gasteiger partial charge in [-0.2, -0.15) is 13.2 Å². The Labute approximate surface area is 106 Å². The topological polar surface area (TPSA) is 77.0 Å². The molecule has 110 valence electrons. The van der Waals surface area contributed by atoms with Crippen LogP contribution >= 0.6 is 0 Å². The molecular formula is C10H14F3NO5. The van der Waals surface area contributed by atoms with Gasteiger partial charge in [-0.25, -0.2) is 0 Å². The summed E-state index contributed by atoms with van der Waals surface area (Å²) in [6.07, 6.45) is -7.81. The van der Waals surface area contributed by atoms with Crippen LogP contribution in [0.3, 0.4) is 0 Å². The number of nitrogens with one attached hydrogen (secondary N) is 1. The lowest BCUT2D eigenvalue weighted by Gasteiger charge is -2.25. The minimum absolute atomic E-state index is 0.553. The number of rotatable bonds is 2. The SMILES string of the molecule is CC1(C)O[C@H]2O[C@@H](CO)[C@@H](NC(=O)C(F)(F)F)[C@H]2O1. The molecule has 9 heteroatoms. The van der Waals surface area contributed by atoms with Crippen LogP contribution in [-0.4, -0.2) is 54.1 Å². The number of aliphatic hydroxyl groups excluding tert-OH is 1. The van der Waals surface area contributed by atoms with Crippen molar-refractivity contribution in [3.63, 3.8) is 0 Å². The fraction of sp³-hybridized carbons (Fsp3) is 0.900. The monoisotopic (exact) mass is 285 g/mol. The van der Waals surface area contributed by atoms with E-state index >= 15 is 0 Å². The van der Waals surface area contributed by atoms with Crippen molar-refractivity contribution in [3.8, 4) is 0 Å². The molecule has 4 atom stereocenters. The largest absolute Gasteiger partial charge is 0.471 e. The Bertz CT molecular complexity index is 373. The number of fused-ring (bicyclic) bond motifs is 1. The molecule has 0 saturated carbocycles. The van der Waals surface area contributed by atoms with E-state index in [0.717, 1.165) is 0 Å². The second-order valence-corrected chi connectivity index (χ2v) is 4.82. The molecule has 2 aliphatic heterocycles. The van der Waals surface area contributed by atoms with Crippen molar-refractivity contribution in [3.05, 3.63) is 0 Å². The Morgan fingerprint density at radius 1 is 1.37 bits per heavy atom. The van der Waals surface area contributed by atoms with Gasteiger partial charge in [-0.3, -0.25) is 4.79 Å². The van der Waals surface area contributed by atoms with Crippen LogP contribution in [0.2, 0.25) is 0 Å². The van der Waals surface area contributed by atoms with Crippen LogP contribution in [0, 0.1) is 0 Å². The molecule has 19 heavy (non-hydrogen) atoms. The van der Waals surface area contributed by atoms with Crippen molar-refractivity contribution in [1.82, 2.24) is 5.32 Å². The minimum Gasteiger partial charge on any atom is -0.394 e. The Hall–Kier alpha value is -0.900. The average molecular weight is 285 g/mol. The summed E-state index contributed by atoms with van der Waals surface area (Å²) >= 11 is 0. The summed E-state index contributed by atoms with van der Waals surface area (Å²) in [5, 5.41) is 10.8. The lowest BCUT2D eigenvalue weighted by atomic mass is 10.1. The van der Waals surface area contributed by atoms with E-state index in [9.17, 15) is 18.0 Å². The van der Waals surface area contributed by atoms with Gasteiger partial charge in [0.25, 0.3) is 0 Å². The van der Waals surface area contributed by atoms with Crippen molar-refractivity contribution < 1.29 is 37.3 Å². The zero-order chi connectivity index (χ0) is 14.4. The molecule has 0 radical (unpaired) electrons. The lowest BCUT2D eigenvalue weighted by Crippen LogP contribution is -2.52. The molecule has 2 rings (SSSR count). The molecule has 0 spiro atoms. The molecule has 2 saturated heterocycles. The van der Waals surface area contributed by atoms with Crippen molar-refractivity contribution in [2.45, 2.75) is 50.4 Å². The first kappa shape index (κ1) is 14.5. The summed E-state index contributed by atoms with van der Waals surface area (Å²) < 4.78 is 52.6. The highest BCUT2D eigenvalue weighted by Gasteiger charge is 2.56. The number of ether oxygens (including phenoxy) is 3. The first-order valence-corrected chi connectivity index (χ1v) is 5.64. The summed E-state index contributed by atoms with van der Waals surface area (Å²) in [5.74, 6) is -3.12. The number of carbonyl (C=O) groups excluding carboxylic acids is 1. The minimum atomic E-state index is -5.01. The molecule has 0 aromatic rings. The molecule has 0 aromatic heterocycles. The van der Waals surface area contributed by atoms with Crippen LogP contribution in [0.4, 0.5) is 13.2 Å². The molecule has 2 fully saturated rings. The predicted molar refractivity (Wildman–Crippen MR) is 53.8 cm³/mol. The van der Waals surface area contributed by atoms with Crippen molar-refractivity contribution >= 4 is 5.91 Å². The first-order chi connectivity index (χ1) is 8.64. The van der Waals surface area contributed by atoms with Gasteiger partial charge in [-0.05, 0) is 13.8 Å². The van der Waals surface area contributed by atoms with Crippen LogP contribution in [0.15, 0.2) is 0 Å². The van der Waals surface area contributed by atoms with Crippen LogP contribution in [-0.2, 0) is 19.0 Å². The normalized spacial score (nSPS) is 37.2. The predicted octanol–water partition coefficient (Wildman–Crippen LogP) is -0.0978. The summed E-state index contributed by atoms with van der Waals surface area (Å²) in [5.41, 5.74) is 0. The van der Waals surface area contributed by atoms with E-state index in [2.05, 4.69) is 0 Å². The number of halogens is 3. The van der Waals surface area contributed by atoms with Gasteiger partial charge in [0.1, 0.15) is 12.2 Å². The molecule has 2 N–H and O–H groups in total. The number of carbonyl (C=O) groups is 1. The third-order valence-corrected chi connectivity index (χ3v) is 2.89. The third kappa shape index (κ3) is 2.83. The van der Waals surface area contributed by atoms with Gasteiger partial charge in [0, 0.05) is 0 Å². The van der Waals surface area contributed by atoms with E-state index in [1.807, 2.05) is 0 Å². The lowest BCUT2D eigenvalue weighted by molar-refractivity contribution is -0.211. The number of hydrogen-bond acceptors (Lipinski definition) is 5. The fourth-order valence-electron chi connectivity index (χ4n) is 2.14. The highest BCUT2D eigenvalue weighted by molar-refractivity contribution is 5.82. The number of aliphatic hydroxyl groups is 1. The third-order valence-electron chi connectivity index (χ3n) is 2.89. The van der Waals surface area contributed by atoms with E-state index in [-0.39, 0.29) is 0 Å². The van der Waals surface area contributed by atoms with Gasteiger partial charge in [0.2, 0.25) is 0 Å². The van der Waals surface area contributed by atoms with Crippen LogP contribution in [0.1, 0.15) is 13.8 Å². The number of alkyl halides is 3. The quantitative estimate of drug-likeness (QED) is 0.741. The van der Waals surface area contributed by atoms with E-state index in [1.54, 1.807) is 19.2 Å². The van der Waals surface area contributed by atoms with E-state index < -0.39 is 49.0 Å². The molecule has 2 heterocycles. The summed E-state index contributed by atoms with van der Waals surface area (Å²) in [4.78, 5) is 11.0. The Balaban J connectivity index is 2.10. The fourth-order valence-corrected chi connectivity index (χ4v) is 2.14. The molecular weight excluding hydrogens is 271 g/mol. The summed E-state index contributed by atoms with van der Waals surface area (Å²) in [6.45, 7) is 2.60. The molecule has 0 aliphatic carbocycles. The standard InChI is InChI=1S/C10H14F3NO5/c1-9(2)18-6-5(14-8(16)10(11,12)13)4(3-15)17-7(6)19-9/h4-7,15H,3H2,1-2H3,(H,14,16)/t4-,5+,6+,7+/m0/s1. The van der Waals surface area contributed by atoms with Gasteiger partial charge in [0.05, 0.1) is 12.6 Å². The Morgan fingerprint density at radius 2 is 2.00 bits per heavy atom. The second-order valence-electron chi connectivity index (χ2n) is 4.82.